The monoisotopic (exact) mass is 486 g/mol. The minimum absolute atomic E-state index is 0.481. The summed E-state index contributed by atoms with van der Waals surface area (Å²) in [7, 11) is 2.25. The summed E-state index contributed by atoms with van der Waals surface area (Å²) in [5.74, 6) is -2.51. The number of carboxylic acid groups (broad SMARTS) is 2. The van der Waals surface area contributed by atoms with Gasteiger partial charge in [-0.05, 0) is 62.0 Å². The van der Waals surface area contributed by atoms with Gasteiger partial charge in [0.15, 0.2) is 0 Å². The largest absolute Gasteiger partial charge is 0.478 e. The summed E-state index contributed by atoms with van der Waals surface area (Å²) in [6.07, 6.45) is 4.41. The topological polar surface area (TPSA) is 81.1 Å². The zero-order valence-corrected chi connectivity index (χ0v) is 20.7. The van der Waals surface area contributed by atoms with Gasteiger partial charge in [0.25, 0.3) is 0 Å². The number of carbonyl (C=O) groups is 2. The molecule has 4 rings (SSSR count). The van der Waals surface area contributed by atoms with E-state index in [9.17, 15) is 9.59 Å². The highest BCUT2D eigenvalue weighted by atomic mass is 32.2. The van der Waals surface area contributed by atoms with Crippen LogP contribution < -0.4 is 0 Å². The van der Waals surface area contributed by atoms with Crippen molar-refractivity contribution in [1.82, 2.24) is 9.80 Å². The zero-order chi connectivity index (χ0) is 24.0. The number of fused-ring (bicyclic) bond motifs is 2. The second-order valence-corrected chi connectivity index (χ2v) is 10.1. The van der Waals surface area contributed by atoms with Gasteiger partial charge < -0.3 is 15.1 Å². The Morgan fingerprint density at radius 1 is 1.06 bits per heavy atom. The normalized spacial score (nSPS) is 20.8. The van der Waals surface area contributed by atoms with Crippen LogP contribution in [0.4, 0.5) is 0 Å². The van der Waals surface area contributed by atoms with Crippen LogP contribution in [0.25, 0.3) is 0 Å². The van der Waals surface area contributed by atoms with Gasteiger partial charge >= 0.3 is 11.9 Å². The van der Waals surface area contributed by atoms with Crippen molar-refractivity contribution in [3.8, 4) is 0 Å². The van der Waals surface area contributed by atoms with Crippen molar-refractivity contribution in [3.63, 3.8) is 0 Å². The molecule has 0 radical (unpaired) electrons. The van der Waals surface area contributed by atoms with Crippen LogP contribution in [0.3, 0.4) is 0 Å². The lowest BCUT2D eigenvalue weighted by molar-refractivity contribution is -0.134. The van der Waals surface area contributed by atoms with Crippen LogP contribution in [-0.2, 0) is 16.0 Å². The van der Waals surface area contributed by atoms with Crippen molar-refractivity contribution in [2.75, 3.05) is 32.9 Å². The van der Waals surface area contributed by atoms with Crippen LogP contribution in [0.15, 0.2) is 69.3 Å². The third-order valence-corrected chi connectivity index (χ3v) is 7.92. The summed E-state index contributed by atoms with van der Waals surface area (Å²) in [6, 6.07) is 17.1. The van der Waals surface area contributed by atoms with E-state index in [4.69, 9.17) is 10.2 Å². The van der Waals surface area contributed by atoms with Gasteiger partial charge in [0, 0.05) is 58.6 Å². The van der Waals surface area contributed by atoms with Crippen LogP contribution in [0, 0.1) is 0 Å². The third kappa shape index (κ3) is 6.86. The lowest BCUT2D eigenvalue weighted by Gasteiger charge is -2.42. The van der Waals surface area contributed by atoms with Gasteiger partial charge in [-0.15, -0.1) is 11.8 Å². The second kappa shape index (κ2) is 11.7. The summed E-state index contributed by atoms with van der Waals surface area (Å²) >= 11 is 3.79. The number of aliphatic carboxylic acids is 2. The van der Waals surface area contributed by atoms with E-state index in [0.717, 1.165) is 26.1 Å². The van der Waals surface area contributed by atoms with E-state index in [2.05, 4.69) is 72.5 Å². The molecule has 176 valence electrons. The number of likely N-dealkylation sites (N-methyl/N-ethyl adjacent to an activating group) is 1. The Kier molecular flexibility index (Phi) is 9.02. The molecule has 2 atom stereocenters. The summed E-state index contributed by atoms with van der Waals surface area (Å²) in [5.41, 5.74) is 3.01. The molecule has 2 unspecified atom stereocenters. The number of rotatable bonds is 4. The smallest absolute Gasteiger partial charge is 0.328 e. The second-order valence-electron chi connectivity index (χ2n) is 8.17. The molecule has 0 saturated carbocycles. The highest BCUT2D eigenvalue weighted by Gasteiger charge is 2.31. The summed E-state index contributed by atoms with van der Waals surface area (Å²) in [6.45, 7) is 5.81. The Morgan fingerprint density at radius 2 is 1.76 bits per heavy atom. The maximum Gasteiger partial charge on any atom is 0.328 e. The maximum absolute atomic E-state index is 9.55. The van der Waals surface area contributed by atoms with E-state index >= 15 is 0 Å². The molecule has 0 aromatic heterocycles. The van der Waals surface area contributed by atoms with Gasteiger partial charge in [-0.3, -0.25) is 4.90 Å². The zero-order valence-electron chi connectivity index (χ0n) is 19.1. The van der Waals surface area contributed by atoms with Crippen molar-refractivity contribution < 1.29 is 19.8 Å². The standard InChI is InChI=1S/C21H26N2S2.C4H4O4/c1-15-14-23(11-10-22(15)2)19-12-16-6-4-5-7-20(16)25-21-9-8-17(24-3)13-18(19)21;5-3(6)1-2-4(7)8/h4-9,13,15,19H,10-12,14H2,1-3H3;1-2H,(H,5,6)(H,7,8)/b;2-1-. The van der Waals surface area contributed by atoms with Crippen molar-refractivity contribution in [2.24, 2.45) is 0 Å². The van der Waals surface area contributed by atoms with Crippen molar-refractivity contribution in [3.05, 3.63) is 65.7 Å². The number of piperazine rings is 1. The van der Waals surface area contributed by atoms with Gasteiger partial charge in [-0.1, -0.05) is 30.0 Å². The van der Waals surface area contributed by atoms with Crippen molar-refractivity contribution in [2.45, 2.75) is 40.1 Å². The van der Waals surface area contributed by atoms with Gasteiger partial charge in [0.1, 0.15) is 0 Å². The molecule has 0 spiro atoms. The number of nitrogens with zero attached hydrogens (tertiary/aromatic N) is 2. The van der Waals surface area contributed by atoms with Crippen molar-refractivity contribution in [1.29, 1.82) is 0 Å². The van der Waals surface area contributed by atoms with Gasteiger partial charge in [0.2, 0.25) is 0 Å². The van der Waals surface area contributed by atoms with E-state index in [1.165, 1.54) is 25.8 Å². The van der Waals surface area contributed by atoms with Crippen LogP contribution in [0.5, 0.6) is 0 Å². The van der Waals surface area contributed by atoms with E-state index in [1.807, 2.05) is 23.5 Å². The molecule has 1 fully saturated rings. The minimum Gasteiger partial charge on any atom is -0.478 e. The molecule has 2 aromatic carbocycles. The van der Waals surface area contributed by atoms with E-state index in [1.54, 1.807) is 0 Å². The van der Waals surface area contributed by atoms with Crippen molar-refractivity contribution >= 4 is 35.5 Å². The predicted octanol–water partition coefficient (Wildman–Crippen LogP) is 4.50. The van der Waals surface area contributed by atoms with E-state index in [0.29, 0.717) is 24.2 Å². The Morgan fingerprint density at radius 3 is 2.39 bits per heavy atom. The molecule has 0 bridgehead atoms. The molecule has 2 aliphatic rings. The fourth-order valence-electron chi connectivity index (χ4n) is 4.04. The fraction of sp³-hybridized carbons (Fsp3) is 0.360. The Labute approximate surface area is 203 Å². The number of thioether (sulfide) groups is 1. The number of carboxylic acids is 2. The van der Waals surface area contributed by atoms with Crippen LogP contribution in [-0.4, -0.2) is 70.9 Å². The molecule has 1 saturated heterocycles. The molecule has 2 heterocycles. The molecule has 2 aliphatic heterocycles. The number of hydrogen-bond acceptors (Lipinski definition) is 6. The Bertz CT molecular complexity index is 1010. The SMILES string of the molecule is CSc1ccc2c(c1)C(N1CCN(C)C(C)C1)Cc1ccccc1S2.O=C(O)/C=C\C(=O)O. The highest BCUT2D eigenvalue weighted by molar-refractivity contribution is 7.99. The minimum atomic E-state index is -1.26. The lowest BCUT2D eigenvalue weighted by Crippen LogP contribution is -2.51. The Hall–Kier alpha value is -2.26. The van der Waals surface area contributed by atoms with Gasteiger partial charge in [0.05, 0.1) is 0 Å². The molecule has 2 N–H and O–H groups in total. The Balaban J connectivity index is 0.000000331. The number of hydrogen-bond donors (Lipinski definition) is 2. The molecule has 2 aromatic rings. The first-order valence-electron chi connectivity index (χ1n) is 10.8. The molecule has 8 heteroatoms. The van der Waals surface area contributed by atoms with Crippen LogP contribution in [0.1, 0.15) is 24.1 Å². The average Bonchev–Trinajstić information content (AvgIpc) is 2.96. The first-order chi connectivity index (χ1) is 15.8. The predicted molar refractivity (Wildman–Crippen MR) is 133 cm³/mol. The summed E-state index contributed by atoms with van der Waals surface area (Å²) in [5, 5.41) is 15.6. The number of benzene rings is 2. The van der Waals surface area contributed by atoms with Crippen LogP contribution in [0.2, 0.25) is 0 Å². The van der Waals surface area contributed by atoms with E-state index in [-0.39, 0.29) is 0 Å². The van der Waals surface area contributed by atoms with Crippen LogP contribution >= 0.6 is 23.5 Å². The molecule has 6 nitrogen and oxygen atoms in total. The first-order valence-corrected chi connectivity index (χ1v) is 12.8. The van der Waals surface area contributed by atoms with Gasteiger partial charge in [-0.25, -0.2) is 9.59 Å². The third-order valence-electron chi connectivity index (χ3n) is 5.98. The molecular formula is C25H30N2O4S2. The molecular weight excluding hydrogens is 456 g/mol. The summed E-state index contributed by atoms with van der Waals surface area (Å²) < 4.78 is 0. The molecule has 0 aliphatic carbocycles. The lowest BCUT2D eigenvalue weighted by atomic mass is 9.96. The summed E-state index contributed by atoms with van der Waals surface area (Å²) in [4.78, 5) is 28.5. The van der Waals surface area contributed by atoms with Gasteiger partial charge in [-0.2, -0.15) is 0 Å². The first kappa shape index (κ1) is 25.4. The van der Waals surface area contributed by atoms with E-state index < -0.39 is 11.9 Å². The molecule has 0 amide bonds. The fourth-order valence-corrected chi connectivity index (χ4v) is 5.61. The maximum atomic E-state index is 9.55. The average molecular weight is 487 g/mol. The highest BCUT2D eigenvalue weighted by Crippen LogP contribution is 2.44. The quantitative estimate of drug-likeness (QED) is 0.483. The molecule has 33 heavy (non-hydrogen) atoms.